The maximum Gasteiger partial charge on any atom is 0.293 e. The first-order chi connectivity index (χ1) is 14.1. The molecule has 0 spiro atoms. The number of carbonyl (C=O) groups is 1. The monoisotopic (exact) mass is 408 g/mol. The van der Waals surface area contributed by atoms with Gasteiger partial charge in [0.2, 0.25) is 0 Å². The van der Waals surface area contributed by atoms with Crippen LogP contribution in [0.1, 0.15) is 10.5 Å². The van der Waals surface area contributed by atoms with E-state index in [1.54, 1.807) is 40.6 Å². The van der Waals surface area contributed by atoms with Crippen LogP contribution in [0.4, 0.5) is 10.8 Å². The Morgan fingerprint density at radius 2 is 2.00 bits per heavy atom. The molecular formula is C19H16N6O3S. The van der Waals surface area contributed by atoms with Crippen molar-refractivity contribution in [1.82, 2.24) is 19.9 Å². The highest BCUT2D eigenvalue weighted by Gasteiger charge is 2.26. The van der Waals surface area contributed by atoms with Gasteiger partial charge in [-0.15, -0.1) is 0 Å². The Labute approximate surface area is 168 Å². The van der Waals surface area contributed by atoms with Gasteiger partial charge in [0.05, 0.1) is 4.92 Å². The lowest BCUT2D eigenvalue weighted by Gasteiger charge is -2.34. The number of para-hydroxylation sites is 1. The van der Waals surface area contributed by atoms with Gasteiger partial charge in [-0.1, -0.05) is 23.5 Å². The highest BCUT2D eigenvalue weighted by atomic mass is 32.1. The van der Waals surface area contributed by atoms with Crippen LogP contribution in [0.2, 0.25) is 0 Å². The van der Waals surface area contributed by atoms with Crippen LogP contribution >= 0.6 is 11.3 Å². The van der Waals surface area contributed by atoms with Crippen molar-refractivity contribution in [1.29, 1.82) is 0 Å². The Kier molecular flexibility index (Phi) is 4.13. The molecule has 0 aliphatic carbocycles. The second kappa shape index (κ2) is 6.82. The van der Waals surface area contributed by atoms with Crippen LogP contribution in [0, 0.1) is 10.1 Å². The molecule has 0 atom stereocenters. The number of piperazine rings is 1. The Morgan fingerprint density at radius 1 is 1.17 bits per heavy atom. The summed E-state index contributed by atoms with van der Waals surface area (Å²) in [6.07, 6.45) is 1.76. The standard InChI is InChI=1S/C19H16N6O3S/c26-18(14-11-12-3-1-5-15(25(27)28)16(12)21-14)23-7-9-24(10-8-23)19-22-13-4-2-6-20-17(13)29-19/h1-6,11,21H,7-10H2. The van der Waals surface area contributed by atoms with Gasteiger partial charge in [0.25, 0.3) is 11.6 Å². The summed E-state index contributed by atoms with van der Waals surface area (Å²) < 4.78 is 0. The fourth-order valence-electron chi connectivity index (χ4n) is 3.57. The van der Waals surface area contributed by atoms with E-state index in [1.165, 1.54) is 6.07 Å². The molecule has 1 N–H and O–H groups in total. The first-order valence-electron chi connectivity index (χ1n) is 9.12. The van der Waals surface area contributed by atoms with Crippen molar-refractivity contribution in [3.63, 3.8) is 0 Å². The molecule has 9 nitrogen and oxygen atoms in total. The molecule has 1 aromatic carbocycles. The summed E-state index contributed by atoms with van der Waals surface area (Å²) in [4.78, 5) is 40.4. The third kappa shape index (κ3) is 3.07. The molecule has 5 rings (SSSR count). The summed E-state index contributed by atoms with van der Waals surface area (Å²) in [5, 5.41) is 12.8. The van der Waals surface area contributed by atoms with E-state index in [0.29, 0.717) is 42.8 Å². The Morgan fingerprint density at radius 3 is 2.76 bits per heavy atom. The van der Waals surface area contributed by atoms with Gasteiger partial charge in [0.1, 0.15) is 21.6 Å². The minimum absolute atomic E-state index is 0.0317. The average Bonchev–Trinajstić information content (AvgIpc) is 3.37. The van der Waals surface area contributed by atoms with Crippen LogP contribution in [0.5, 0.6) is 0 Å². The van der Waals surface area contributed by atoms with E-state index in [4.69, 9.17) is 0 Å². The van der Waals surface area contributed by atoms with Crippen LogP contribution in [0.15, 0.2) is 42.6 Å². The number of carbonyl (C=O) groups excluding carboxylic acids is 1. The van der Waals surface area contributed by atoms with E-state index in [2.05, 4.69) is 19.9 Å². The number of amides is 1. The third-order valence-electron chi connectivity index (χ3n) is 5.05. The van der Waals surface area contributed by atoms with Crippen molar-refractivity contribution in [2.24, 2.45) is 0 Å². The van der Waals surface area contributed by atoms with Gasteiger partial charge < -0.3 is 14.8 Å². The molecule has 4 aromatic rings. The number of hydrogen-bond acceptors (Lipinski definition) is 7. The lowest BCUT2D eigenvalue weighted by Crippen LogP contribution is -2.48. The van der Waals surface area contributed by atoms with E-state index in [0.717, 1.165) is 15.5 Å². The summed E-state index contributed by atoms with van der Waals surface area (Å²) in [6.45, 7) is 2.46. The van der Waals surface area contributed by atoms with E-state index in [-0.39, 0.29) is 11.6 Å². The molecule has 29 heavy (non-hydrogen) atoms. The van der Waals surface area contributed by atoms with Gasteiger partial charge in [-0.3, -0.25) is 14.9 Å². The van der Waals surface area contributed by atoms with Gasteiger partial charge in [0, 0.05) is 43.8 Å². The molecule has 0 unspecified atom stereocenters. The number of benzene rings is 1. The lowest BCUT2D eigenvalue weighted by atomic mass is 10.2. The summed E-state index contributed by atoms with van der Waals surface area (Å²) in [5.41, 5.74) is 1.59. The normalized spacial score (nSPS) is 14.6. The number of nitro groups is 1. The van der Waals surface area contributed by atoms with Crippen LogP contribution in [-0.2, 0) is 0 Å². The molecule has 0 saturated carbocycles. The van der Waals surface area contributed by atoms with Crippen molar-refractivity contribution in [2.45, 2.75) is 0 Å². The highest BCUT2D eigenvalue weighted by Crippen LogP contribution is 2.29. The molecule has 10 heteroatoms. The summed E-state index contributed by atoms with van der Waals surface area (Å²) in [6, 6.07) is 10.3. The number of nitro benzene ring substituents is 1. The SMILES string of the molecule is O=C(c1cc2cccc([N+](=O)[O-])c2[nH]1)N1CCN(c2nc3cccnc3s2)CC1. The molecule has 4 heterocycles. The average molecular weight is 408 g/mol. The summed E-state index contributed by atoms with van der Waals surface area (Å²) >= 11 is 1.55. The zero-order valence-corrected chi connectivity index (χ0v) is 16.1. The van der Waals surface area contributed by atoms with E-state index in [1.807, 2.05) is 12.1 Å². The van der Waals surface area contributed by atoms with E-state index >= 15 is 0 Å². The topological polar surface area (TPSA) is 108 Å². The highest BCUT2D eigenvalue weighted by molar-refractivity contribution is 7.21. The molecular weight excluding hydrogens is 392 g/mol. The predicted octanol–water partition coefficient (Wildman–Crippen LogP) is 3.04. The first kappa shape index (κ1) is 17.6. The Hall–Kier alpha value is -3.53. The van der Waals surface area contributed by atoms with Gasteiger partial charge >= 0.3 is 0 Å². The lowest BCUT2D eigenvalue weighted by molar-refractivity contribution is -0.383. The van der Waals surface area contributed by atoms with Crippen molar-refractivity contribution in [3.8, 4) is 0 Å². The van der Waals surface area contributed by atoms with E-state index < -0.39 is 4.92 Å². The molecule has 0 bridgehead atoms. The zero-order chi connectivity index (χ0) is 20.0. The van der Waals surface area contributed by atoms with E-state index in [9.17, 15) is 14.9 Å². The van der Waals surface area contributed by atoms with Crippen molar-refractivity contribution in [3.05, 3.63) is 58.4 Å². The van der Waals surface area contributed by atoms with Crippen LogP contribution in [0.3, 0.4) is 0 Å². The minimum atomic E-state index is -0.446. The fraction of sp³-hybridized carbons (Fsp3) is 0.211. The van der Waals surface area contributed by atoms with Gasteiger partial charge in [-0.2, -0.15) is 0 Å². The number of aromatic nitrogens is 3. The summed E-state index contributed by atoms with van der Waals surface area (Å²) in [5.74, 6) is -0.152. The van der Waals surface area contributed by atoms with Gasteiger partial charge in [-0.25, -0.2) is 9.97 Å². The Balaban J connectivity index is 1.33. The molecule has 1 aliphatic rings. The third-order valence-corrected chi connectivity index (χ3v) is 6.09. The number of hydrogen-bond donors (Lipinski definition) is 1. The molecule has 146 valence electrons. The first-order valence-corrected chi connectivity index (χ1v) is 9.94. The number of nitrogens with zero attached hydrogens (tertiary/aromatic N) is 5. The predicted molar refractivity (Wildman–Crippen MR) is 110 cm³/mol. The zero-order valence-electron chi connectivity index (χ0n) is 15.2. The number of nitrogens with one attached hydrogen (secondary N) is 1. The number of pyridine rings is 1. The molecule has 1 saturated heterocycles. The maximum absolute atomic E-state index is 12.9. The number of thiazole rings is 1. The fourth-order valence-corrected chi connectivity index (χ4v) is 4.53. The second-order valence-corrected chi connectivity index (χ2v) is 7.74. The molecule has 1 fully saturated rings. The molecule has 1 amide bonds. The number of anilines is 1. The van der Waals surface area contributed by atoms with Crippen molar-refractivity contribution >= 4 is 49.3 Å². The van der Waals surface area contributed by atoms with Crippen molar-refractivity contribution < 1.29 is 9.72 Å². The molecule has 0 radical (unpaired) electrons. The molecule has 1 aliphatic heterocycles. The number of rotatable bonds is 3. The largest absolute Gasteiger partial charge is 0.345 e. The van der Waals surface area contributed by atoms with Crippen LogP contribution < -0.4 is 4.90 Å². The van der Waals surface area contributed by atoms with Crippen LogP contribution in [0.25, 0.3) is 21.3 Å². The quantitative estimate of drug-likeness (QED) is 0.412. The van der Waals surface area contributed by atoms with Gasteiger partial charge in [0.15, 0.2) is 5.13 Å². The van der Waals surface area contributed by atoms with Crippen LogP contribution in [-0.4, -0.2) is 56.9 Å². The van der Waals surface area contributed by atoms with Gasteiger partial charge in [-0.05, 0) is 18.2 Å². The number of H-pyrrole nitrogens is 1. The maximum atomic E-state index is 12.9. The number of fused-ring (bicyclic) bond motifs is 2. The number of non-ortho nitro benzene ring substituents is 1. The number of aromatic amines is 1. The summed E-state index contributed by atoms with van der Waals surface area (Å²) in [7, 11) is 0. The Bertz CT molecular complexity index is 1210. The van der Waals surface area contributed by atoms with Crippen molar-refractivity contribution in [2.75, 3.05) is 31.1 Å². The second-order valence-electron chi connectivity index (χ2n) is 6.78. The molecule has 3 aromatic heterocycles. The minimum Gasteiger partial charge on any atom is -0.345 e. The smallest absolute Gasteiger partial charge is 0.293 e.